The summed E-state index contributed by atoms with van der Waals surface area (Å²) in [6, 6.07) is 14.1. The predicted molar refractivity (Wildman–Crippen MR) is 109 cm³/mol. The second kappa shape index (κ2) is 8.57. The van der Waals surface area contributed by atoms with Gasteiger partial charge in [-0.2, -0.15) is 5.10 Å². The number of nitrogens with zero attached hydrogens (tertiary/aromatic N) is 4. The van der Waals surface area contributed by atoms with Crippen molar-refractivity contribution in [3.05, 3.63) is 84.2 Å². The van der Waals surface area contributed by atoms with Crippen molar-refractivity contribution in [2.45, 2.75) is 6.92 Å². The second-order valence-corrected chi connectivity index (χ2v) is 6.43. The summed E-state index contributed by atoms with van der Waals surface area (Å²) in [5, 5.41) is 17.0. The van der Waals surface area contributed by atoms with Gasteiger partial charge in [-0.3, -0.25) is 0 Å². The van der Waals surface area contributed by atoms with Crippen LogP contribution >= 0.6 is 0 Å². The number of urea groups is 1. The van der Waals surface area contributed by atoms with Crippen LogP contribution in [0.3, 0.4) is 0 Å². The number of aryl methyl sites for hydroxylation is 1. The number of carbonyl (C=O) groups is 1. The third kappa shape index (κ3) is 4.81. The van der Waals surface area contributed by atoms with E-state index in [1.165, 1.54) is 6.07 Å². The molecule has 2 aromatic heterocycles. The molecule has 0 fully saturated rings. The second-order valence-electron chi connectivity index (χ2n) is 6.43. The van der Waals surface area contributed by atoms with Crippen molar-refractivity contribution in [1.82, 2.24) is 20.0 Å². The summed E-state index contributed by atoms with van der Waals surface area (Å²) in [4.78, 5) is 12.0. The van der Waals surface area contributed by atoms with Crippen LogP contribution < -0.4 is 15.4 Å². The van der Waals surface area contributed by atoms with Crippen molar-refractivity contribution in [1.29, 1.82) is 0 Å². The van der Waals surface area contributed by atoms with Gasteiger partial charge in [0, 0.05) is 18.0 Å². The van der Waals surface area contributed by atoms with Crippen LogP contribution in [0.15, 0.2) is 66.9 Å². The number of ether oxygens (including phenoxy) is 1. The highest BCUT2D eigenvalue weighted by atomic mass is 19.1. The number of aromatic nitrogens is 4. The van der Waals surface area contributed by atoms with Gasteiger partial charge in [0.05, 0.1) is 5.69 Å². The van der Waals surface area contributed by atoms with E-state index in [0.29, 0.717) is 17.3 Å². The Hall–Kier alpha value is -4.34. The van der Waals surface area contributed by atoms with Crippen LogP contribution in [0.25, 0.3) is 5.82 Å². The minimum absolute atomic E-state index is 0.279. The quantitative estimate of drug-likeness (QED) is 0.487. The minimum Gasteiger partial charge on any atom is -0.438 e. The minimum atomic E-state index is -0.867. The molecule has 0 radical (unpaired) electrons. The molecule has 0 aliphatic carbocycles. The molecule has 2 N–H and O–H groups in total. The van der Waals surface area contributed by atoms with Crippen LogP contribution in [0.4, 0.5) is 25.0 Å². The fourth-order valence-corrected chi connectivity index (χ4v) is 2.65. The molecule has 156 valence electrons. The number of hydrogen-bond acceptors (Lipinski definition) is 5. The lowest BCUT2D eigenvalue weighted by molar-refractivity contribution is 0.262. The summed E-state index contributed by atoms with van der Waals surface area (Å²) in [6.45, 7) is 1.88. The maximum absolute atomic E-state index is 13.6. The van der Waals surface area contributed by atoms with E-state index >= 15 is 0 Å². The highest BCUT2D eigenvalue weighted by Crippen LogP contribution is 2.22. The lowest BCUT2D eigenvalue weighted by atomic mass is 10.3. The highest BCUT2D eigenvalue weighted by molar-refractivity contribution is 5.99. The molecule has 0 bridgehead atoms. The first kappa shape index (κ1) is 20.0. The largest absolute Gasteiger partial charge is 0.438 e. The Morgan fingerprint density at radius 1 is 0.935 bits per heavy atom. The van der Waals surface area contributed by atoms with E-state index in [1.807, 2.05) is 13.0 Å². The topological polar surface area (TPSA) is 94.0 Å². The Kier molecular flexibility index (Phi) is 5.52. The number of hydrogen-bond donors (Lipinski definition) is 2. The van der Waals surface area contributed by atoms with Crippen molar-refractivity contribution >= 4 is 17.4 Å². The summed E-state index contributed by atoms with van der Waals surface area (Å²) < 4.78 is 34.5. The standard InChI is InChI=1S/C21H16F2N6O2/c1-13-11-12-29(28-13)18-9-10-19(27-26-18)31-15-7-5-14(6-8-15)24-21(30)25-20-16(22)3-2-4-17(20)23/h2-12H,1H3,(H2,24,25,30). The van der Waals surface area contributed by atoms with Crippen molar-refractivity contribution < 1.29 is 18.3 Å². The zero-order valence-corrected chi connectivity index (χ0v) is 16.2. The lowest BCUT2D eigenvalue weighted by Gasteiger charge is -2.10. The number of amides is 2. The smallest absolute Gasteiger partial charge is 0.323 e. The maximum Gasteiger partial charge on any atom is 0.323 e. The van der Waals surface area contributed by atoms with Gasteiger partial charge in [-0.05, 0) is 55.5 Å². The van der Waals surface area contributed by atoms with Gasteiger partial charge in [0.2, 0.25) is 5.88 Å². The van der Waals surface area contributed by atoms with E-state index < -0.39 is 23.4 Å². The average Bonchev–Trinajstić information content (AvgIpc) is 3.19. The van der Waals surface area contributed by atoms with Crippen molar-refractivity contribution in [2.75, 3.05) is 10.6 Å². The van der Waals surface area contributed by atoms with Gasteiger partial charge in [0.1, 0.15) is 23.1 Å². The number of halogens is 2. The molecule has 4 rings (SSSR count). The van der Waals surface area contributed by atoms with Gasteiger partial charge in [-0.15, -0.1) is 10.2 Å². The number of carbonyl (C=O) groups excluding carboxylic acids is 1. The number of para-hydroxylation sites is 1. The summed E-state index contributed by atoms with van der Waals surface area (Å²) >= 11 is 0. The molecule has 0 saturated heterocycles. The first-order valence-electron chi connectivity index (χ1n) is 9.14. The molecule has 10 heteroatoms. The molecular formula is C21H16F2N6O2. The van der Waals surface area contributed by atoms with Crippen LogP contribution in [-0.2, 0) is 0 Å². The molecule has 31 heavy (non-hydrogen) atoms. The molecule has 0 spiro atoms. The van der Waals surface area contributed by atoms with Crippen LogP contribution in [0.2, 0.25) is 0 Å². The third-order valence-electron chi connectivity index (χ3n) is 4.12. The number of anilines is 2. The van der Waals surface area contributed by atoms with E-state index in [-0.39, 0.29) is 5.88 Å². The van der Waals surface area contributed by atoms with Gasteiger partial charge in [0.15, 0.2) is 5.82 Å². The molecule has 8 nitrogen and oxygen atoms in total. The summed E-state index contributed by atoms with van der Waals surface area (Å²) in [6.07, 6.45) is 1.78. The highest BCUT2D eigenvalue weighted by Gasteiger charge is 2.12. The summed E-state index contributed by atoms with van der Waals surface area (Å²) in [5.74, 6) is -0.441. The molecule has 0 saturated carbocycles. The third-order valence-corrected chi connectivity index (χ3v) is 4.12. The number of benzene rings is 2. The normalized spacial score (nSPS) is 10.5. The Labute approximate surface area is 175 Å². The Morgan fingerprint density at radius 3 is 2.29 bits per heavy atom. The Balaban J connectivity index is 1.36. The molecule has 2 aromatic carbocycles. The van der Waals surface area contributed by atoms with Crippen molar-refractivity contribution in [3.8, 4) is 17.4 Å². The first-order valence-corrected chi connectivity index (χ1v) is 9.14. The zero-order chi connectivity index (χ0) is 21.8. The van der Waals surface area contributed by atoms with Gasteiger partial charge in [0.25, 0.3) is 0 Å². The summed E-state index contributed by atoms with van der Waals surface area (Å²) in [7, 11) is 0. The number of rotatable bonds is 5. The Bertz CT molecular complexity index is 1190. The lowest BCUT2D eigenvalue weighted by Crippen LogP contribution is -2.20. The molecule has 0 aliphatic heterocycles. The van der Waals surface area contributed by atoms with Crippen LogP contribution in [0, 0.1) is 18.6 Å². The Morgan fingerprint density at radius 2 is 1.68 bits per heavy atom. The zero-order valence-electron chi connectivity index (χ0n) is 16.2. The van der Waals surface area contributed by atoms with E-state index in [2.05, 4.69) is 25.9 Å². The fraction of sp³-hybridized carbons (Fsp3) is 0.0476. The van der Waals surface area contributed by atoms with Gasteiger partial charge >= 0.3 is 6.03 Å². The molecule has 2 amide bonds. The van der Waals surface area contributed by atoms with Crippen LogP contribution in [0.1, 0.15) is 5.69 Å². The fourth-order valence-electron chi connectivity index (χ4n) is 2.65. The van der Waals surface area contributed by atoms with Crippen LogP contribution in [-0.4, -0.2) is 26.0 Å². The van der Waals surface area contributed by atoms with Gasteiger partial charge < -0.3 is 15.4 Å². The molecule has 2 heterocycles. The first-order chi connectivity index (χ1) is 15.0. The van der Waals surface area contributed by atoms with Crippen molar-refractivity contribution in [2.24, 2.45) is 0 Å². The average molecular weight is 422 g/mol. The monoisotopic (exact) mass is 422 g/mol. The molecule has 0 atom stereocenters. The summed E-state index contributed by atoms with van der Waals surface area (Å²) in [5.41, 5.74) is 0.743. The molecule has 4 aromatic rings. The van der Waals surface area contributed by atoms with E-state index in [9.17, 15) is 13.6 Å². The van der Waals surface area contributed by atoms with E-state index in [0.717, 1.165) is 17.8 Å². The van der Waals surface area contributed by atoms with Crippen LogP contribution in [0.5, 0.6) is 11.6 Å². The SMILES string of the molecule is Cc1ccn(-c2ccc(Oc3ccc(NC(=O)Nc4c(F)cccc4F)cc3)nn2)n1. The molecular weight excluding hydrogens is 406 g/mol. The number of nitrogens with one attached hydrogen (secondary N) is 2. The molecule has 0 unspecified atom stereocenters. The maximum atomic E-state index is 13.6. The van der Waals surface area contributed by atoms with E-state index in [4.69, 9.17) is 4.74 Å². The molecule has 0 aliphatic rings. The predicted octanol–water partition coefficient (Wildman–Crippen LogP) is 4.69. The van der Waals surface area contributed by atoms with Gasteiger partial charge in [-0.25, -0.2) is 18.3 Å². The van der Waals surface area contributed by atoms with E-state index in [1.54, 1.807) is 47.3 Å². The van der Waals surface area contributed by atoms with Gasteiger partial charge in [-0.1, -0.05) is 6.07 Å². The van der Waals surface area contributed by atoms with Crippen molar-refractivity contribution in [3.63, 3.8) is 0 Å².